The molecule has 0 fully saturated rings. The van der Waals surface area contributed by atoms with Crippen molar-refractivity contribution < 1.29 is 27.1 Å². The molecule has 0 radical (unpaired) electrons. The summed E-state index contributed by atoms with van der Waals surface area (Å²) in [7, 11) is 0. The first-order valence-electron chi connectivity index (χ1n) is 6.75. The van der Waals surface area contributed by atoms with E-state index in [1.807, 2.05) is 0 Å². The molecule has 1 unspecified atom stereocenters. The van der Waals surface area contributed by atoms with Crippen LogP contribution in [0, 0.1) is 5.82 Å². The maximum atomic E-state index is 13.4. The monoisotopic (exact) mass is 325 g/mol. The molecule has 0 spiro atoms. The van der Waals surface area contributed by atoms with Crippen LogP contribution >= 0.6 is 0 Å². The Morgan fingerprint density at radius 1 is 1.13 bits per heavy atom. The minimum Gasteiger partial charge on any atom is -0.479 e. The second-order valence-electron chi connectivity index (χ2n) is 5.09. The highest BCUT2D eigenvalue weighted by molar-refractivity contribution is 6.05. The first-order valence-corrected chi connectivity index (χ1v) is 6.75. The summed E-state index contributed by atoms with van der Waals surface area (Å²) in [6.07, 6.45) is -5.45. The largest absolute Gasteiger partial charge is 0.479 e. The number of nitrogens with zero attached hydrogens (tertiary/aromatic N) is 1. The summed E-state index contributed by atoms with van der Waals surface area (Å²) >= 11 is 0. The Balaban J connectivity index is 2.18. The number of amides is 1. The van der Waals surface area contributed by atoms with Crippen molar-refractivity contribution in [3.05, 3.63) is 53.8 Å². The molecule has 7 heteroatoms. The van der Waals surface area contributed by atoms with Gasteiger partial charge in [0, 0.05) is 0 Å². The molecule has 3 rings (SSSR count). The molecule has 3 nitrogen and oxygen atoms in total. The third-order valence-corrected chi connectivity index (χ3v) is 3.47. The molecule has 0 aliphatic carbocycles. The van der Waals surface area contributed by atoms with Crippen molar-refractivity contribution >= 4 is 17.3 Å². The topological polar surface area (TPSA) is 29.5 Å². The van der Waals surface area contributed by atoms with Crippen LogP contribution in [0.25, 0.3) is 0 Å². The van der Waals surface area contributed by atoms with Gasteiger partial charge >= 0.3 is 6.18 Å². The van der Waals surface area contributed by atoms with Gasteiger partial charge in [0.05, 0.1) is 16.9 Å². The van der Waals surface area contributed by atoms with Gasteiger partial charge in [0.2, 0.25) is 0 Å². The van der Waals surface area contributed by atoms with Crippen molar-refractivity contribution in [1.82, 2.24) is 0 Å². The lowest BCUT2D eigenvalue weighted by Gasteiger charge is -2.33. The van der Waals surface area contributed by atoms with Gasteiger partial charge in [0.25, 0.3) is 5.91 Å². The van der Waals surface area contributed by atoms with Crippen molar-refractivity contribution in [2.45, 2.75) is 19.2 Å². The second kappa shape index (κ2) is 5.26. The molecule has 2 aromatic carbocycles. The lowest BCUT2D eigenvalue weighted by atomic mass is 10.1. The maximum Gasteiger partial charge on any atom is 0.416 e. The third kappa shape index (κ3) is 2.74. The van der Waals surface area contributed by atoms with Crippen LogP contribution in [0.15, 0.2) is 42.5 Å². The molecule has 2 aromatic rings. The first kappa shape index (κ1) is 15.3. The normalized spacial score (nSPS) is 17.7. The van der Waals surface area contributed by atoms with E-state index in [9.17, 15) is 22.4 Å². The van der Waals surface area contributed by atoms with Crippen molar-refractivity contribution in [3.63, 3.8) is 0 Å². The molecule has 120 valence electrons. The highest BCUT2D eigenvalue weighted by Crippen LogP contribution is 2.42. The summed E-state index contributed by atoms with van der Waals surface area (Å²) in [5.74, 6) is -1.03. The van der Waals surface area contributed by atoms with Gasteiger partial charge in [-0.2, -0.15) is 13.2 Å². The quantitative estimate of drug-likeness (QED) is 0.732. The highest BCUT2D eigenvalue weighted by atomic mass is 19.4. The predicted molar refractivity (Wildman–Crippen MR) is 75.1 cm³/mol. The Labute approximate surface area is 129 Å². The van der Waals surface area contributed by atoms with Crippen LogP contribution in [-0.2, 0) is 11.0 Å². The van der Waals surface area contributed by atoms with Crippen LogP contribution < -0.4 is 9.64 Å². The van der Waals surface area contributed by atoms with Crippen LogP contribution in [-0.4, -0.2) is 12.0 Å². The summed E-state index contributed by atoms with van der Waals surface area (Å²) in [6, 6.07) is 7.96. The smallest absolute Gasteiger partial charge is 0.416 e. The Hall–Kier alpha value is -2.57. The van der Waals surface area contributed by atoms with E-state index in [0.29, 0.717) is 0 Å². The van der Waals surface area contributed by atoms with Gasteiger partial charge < -0.3 is 4.74 Å². The fraction of sp³-hybridized carbons (Fsp3) is 0.188. The summed E-state index contributed by atoms with van der Waals surface area (Å²) < 4.78 is 57.5. The molecule has 0 aromatic heterocycles. The van der Waals surface area contributed by atoms with Crippen LogP contribution in [0.5, 0.6) is 5.75 Å². The number of halogens is 4. The van der Waals surface area contributed by atoms with Crippen molar-refractivity contribution in [1.29, 1.82) is 0 Å². The summed E-state index contributed by atoms with van der Waals surface area (Å²) in [5.41, 5.74) is -0.831. The molecule has 0 saturated carbocycles. The van der Waals surface area contributed by atoms with Gasteiger partial charge in [-0.1, -0.05) is 6.07 Å². The first-order chi connectivity index (χ1) is 10.8. The molecule has 23 heavy (non-hydrogen) atoms. The van der Waals surface area contributed by atoms with Crippen LogP contribution in [0.3, 0.4) is 0 Å². The van der Waals surface area contributed by atoms with E-state index >= 15 is 0 Å². The fourth-order valence-corrected chi connectivity index (χ4v) is 2.39. The molecular formula is C16H11F4NO2. The van der Waals surface area contributed by atoms with E-state index in [4.69, 9.17) is 4.74 Å². The van der Waals surface area contributed by atoms with Gasteiger partial charge in [-0.25, -0.2) is 4.39 Å². The minimum absolute atomic E-state index is 0.0616. The van der Waals surface area contributed by atoms with E-state index in [1.54, 1.807) is 0 Å². The molecule has 1 aliphatic heterocycles. The molecular weight excluding hydrogens is 314 g/mol. The van der Waals surface area contributed by atoms with Crippen molar-refractivity contribution in [2.75, 3.05) is 4.90 Å². The molecule has 1 atom stereocenters. The zero-order chi connectivity index (χ0) is 16.8. The number of fused-ring (bicyclic) bond motifs is 1. The fourth-order valence-electron chi connectivity index (χ4n) is 2.39. The van der Waals surface area contributed by atoms with Gasteiger partial charge in [-0.15, -0.1) is 0 Å². The summed E-state index contributed by atoms with van der Waals surface area (Å²) in [5, 5.41) is 0. The Morgan fingerprint density at radius 2 is 1.87 bits per heavy atom. The number of anilines is 2. The third-order valence-electron chi connectivity index (χ3n) is 3.47. The van der Waals surface area contributed by atoms with Crippen molar-refractivity contribution in [3.8, 4) is 5.75 Å². The lowest BCUT2D eigenvalue weighted by molar-refractivity contribution is -0.137. The number of hydrogen-bond acceptors (Lipinski definition) is 2. The number of carbonyl (C=O) groups excluding carboxylic acids is 1. The molecule has 1 heterocycles. The Morgan fingerprint density at radius 3 is 2.52 bits per heavy atom. The van der Waals surface area contributed by atoms with E-state index in [0.717, 1.165) is 29.2 Å². The summed E-state index contributed by atoms with van der Waals surface area (Å²) in [4.78, 5) is 13.4. The van der Waals surface area contributed by atoms with Crippen LogP contribution in [0.1, 0.15) is 12.5 Å². The van der Waals surface area contributed by atoms with Crippen LogP contribution in [0.4, 0.5) is 28.9 Å². The molecule has 1 aliphatic rings. The van der Waals surface area contributed by atoms with E-state index in [1.165, 1.54) is 25.1 Å². The zero-order valence-corrected chi connectivity index (χ0v) is 11.9. The number of benzene rings is 2. The number of rotatable bonds is 1. The number of ether oxygens (including phenoxy) is 1. The van der Waals surface area contributed by atoms with E-state index < -0.39 is 29.6 Å². The minimum atomic E-state index is -4.56. The Kier molecular flexibility index (Phi) is 3.50. The standard InChI is InChI=1S/C16H11F4NO2/c1-9-15(22)21(12-4-2-3-11(17)8-12)13-7-10(16(18,19)20)5-6-14(13)23-9/h2-9H,1H3. The lowest BCUT2D eigenvalue weighted by Crippen LogP contribution is -2.41. The van der Waals surface area contributed by atoms with Crippen LogP contribution in [0.2, 0.25) is 0 Å². The average molecular weight is 325 g/mol. The van der Waals surface area contributed by atoms with Gasteiger partial charge in [0.15, 0.2) is 6.10 Å². The zero-order valence-electron chi connectivity index (χ0n) is 11.9. The van der Waals surface area contributed by atoms with Crippen molar-refractivity contribution in [2.24, 2.45) is 0 Å². The SMILES string of the molecule is CC1Oc2ccc(C(F)(F)F)cc2N(c2cccc(F)c2)C1=O. The summed E-state index contributed by atoms with van der Waals surface area (Å²) in [6.45, 7) is 1.48. The molecule has 0 bridgehead atoms. The molecule has 0 N–H and O–H groups in total. The molecule has 1 amide bonds. The van der Waals surface area contributed by atoms with Gasteiger partial charge in [0.1, 0.15) is 11.6 Å². The highest BCUT2D eigenvalue weighted by Gasteiger charge is 2.37. The predicted octanol–water partition coefficient (Wildman–Crippen LogP) is 4.29. The van der Waals surface area contributed by atoms with Gasteiger partial charge in [-0.05, 0) is 43.3 Å². The number of alkyl halides is 3. The number of carbonyl (C=O) groups is 1. The van der Waals surface area contributed by atoms with E-state index in [2.05, 4.69) is 0 Å². The molecule has 0 saturated heterocycles. The van der Waals surface area contributed by atoms with E-state index in [-0.39, 0.29) is 17.1 Å². The number of hydrogen-bond donors (Lipinski definition) is 0. The van der Waals surface area contributed by atoms with Gasteiger partial charge in [-0.3, -0.25) is 9.69 Å². The average Bonchev–Trinajstić information content (AvgIpc) is 2.47. The second-order valence-corrected chi connectivity index (χ2v) is 5.09. The Bertz CT molecular complexity index is 773. The maximum absolute atomic E-state index is 13.4.